The highest BCUT2D eigenvalue weighted by atomic mass is 16.5. The van der Waals surface area contributed by atoms with Crippen molar-refractivity contribution in [1.29, 1.82) is 0 Å². The first kappa shape index (κ1) is 15.2. The Morgan fingerprint density at radius 2 is 2.06 bits per heavy atom. The van der Waals surface area contributed by atoms with Crippen molar-refractivity contribution in [1.82, 2.24) is 0 Å². The maximum Gasteiger partial charge on any atom is 0.0700 e. The minimum absolute atomic E-state index is 0.495. The lowest BCUT2D eigenvalue weighted by Gasteiger charge is -2.15. The van der Waals surface area contributed by atoms with E-state index in [1.54, 1.807) is 7.11 Å². The molecule has 1 aromatic carbocycles. The number of hydrogen-bond acceptors (Lipinski definition) is 3. The standard InChI is InChI=1S/C15H25NO2/c1-13-4-3-5-14(10-13)11-15(12-16)6-7-18-9-8-17-2/h3-5,10,15H,6-9,11-12,16H2,1-2H3. The van der Waals surface area contributed by atoms with E-state index in [4.69, 9.17) is 15.2 Å². The maximum absolute atomic E-state index is 5.82. The molecule has 0 saturated carbocycles. The summed E-state index contributed by atoms with van der Waals surface area (Å²) in [6, 6.07) is 8.62. The van der Waals surface area contributed by atoms with Crippen molar-refractivity contribution in [2.24, 2.45) is 11.7 Å². The zero-order chi connectivity index (χ0) is 13.2. The normalized spacial score (nSPS) is 12.6. The monoisotopic (exact) mass is 251 g/mol. The van der Waals surface area contributed by atoms with Crippen molar-refractivity contribution < 1.29 is 9.47 Å². The van der Waals surface area contributed by atoms with Crippen LogP contribution in [0.5, 0.6) is 0 Å². The van der Waals surface area contributed by atoms with Crippen molar-refractivity contribution in [2.45, 2.75) is 19.8 Å². The largest absolute Gasteiger partial charge is 0.382 e. The summed E-state index contributed by atoms with van der Waals surface area (Å²) in [6.45, 7) is 4.91. The highest BCUT2D eigenvalue weighted by Crippen LogP contribution is 2.13. The van der Waals surface area contributed by atoms with Crippen LogP contribution in [0, 0.1) is 12.8 Å². The molecule has 1 atom stereocenters. The Labute approximate surface area is 110 Å². The molecule has 0 amide bonds. The second kappa shape index (κ2) is 9.09. The van der Waals surface area contributed by atoms with Gasteiger partial charge in [-0.3, -0.25) is 0 Å². The molecular weight excluding hydrogens is 226 g/mol. The van der Waals surface area contributed by atoms with Crippen LogP contribution in [0.3, 0.4) is 0 Å². The molecule has 0 bridgehead atoms. The van der Waals surface area contributed by atoms with Crippen molar-refractivity contribution in [3.8, 4) is 0 Å². The Morgan fingerprint density at radius 1 is 1.22 bits per heavy atom. The van der Waals surface area contributed by atoms with Gasteiger partial charge in [-0.2, -0.15) is 0 Å². The minimum atomic E-state index is 0.495. The van der Waals surface area contributed by atoms with Crippen LogP contribution in [0.15, 0.2) is 24.3 Å². The van der Waals surface area contributed by atoms with Gasteiger partial charge in [-0.15, -0.1) is 0 Å². The zero-order valence-corrected chi connectivity index (χ0v) is 11.5. The average Bonchev–Trinajstić information content (AvgIpc) is 2.37. The van der Waals surface area contributed by atoms with E-state index in [0.717, 1.165) is 19.4 Å². The molecule has 0 aliphatic rings. The Bertz CT molecular complexity index is 328. The van der Waals surface area contributed by atoms with Gasteiger partial charge in [0.05, 0.1) is 13.2 Å². The number of aryl methyl sites for hydroxylation is 1. The number of rotatable bonds is 9. The van der Waals surface area contributed by atoms with Crippen LogP contribution in [0.2, 0.25) is 0 Å². The number of ether oxygens (including phenoxy) is 2. The molecule has 0 fully saturated rings. The van der Waals surface area contributed by atoms with Crippen molar-refractivity contribution in [3.63, 3.8) is 0 Å². The van der Waals surface area contributed by atoms with Crippen LogP contribution in [0.25, 0.3) is 0 Å². The molecular formula is C15H25NO2. The van der Waals surface area contributed by atoms with Gasteiger partial charge in [-0.1, -0.05) is 29.8 Å². The highest BCUT2D eigenvalue weighted by molar-refractivity contribution is 5.22. The summed E-state index contributed by atoms with van der Waals surface area (Å²) in [5.74, 6) is 0.495. The minimum Gasteiger partial charge on any atom is -0.382 e. The van der Waals surface area contributed by atoms with Crippen LogP contribution >= 0.6 is 0 Å². The van der Waals surface area contributed by atoms with Crippen LogP contribution in [0.1, 0.15) is 17.5 Å². The van der Waals surface area contributed by atoms with Gasteiger partial charge in [0, 0.05) is 13.7 Å². The molecule has 0 heterocycles. The van der Waals surface area contributed by atoms with Crippen molar-refractivity contribution in [2.75, 3.05) is 33.5 Å². The number of methoxy groups -OCH3 is 1. The van der Waals surface area contributed by atoms with E-state index < -0.39 is 0 Å². The van der Waals surface area contributed by atoms with E-state index >= 15 is 0 Å². The second-order valence-corrected chi connectivity index (χ2v) is 4.69. The predicted molar refractivity (Wildman–Crippen MR) is 74.7 cm³/mol. The molecule has 1 aromatic rings. The topological polar surface area (TPSA) is 44.5 Å². The van der Waals surface area contributed by atoms with E-state index in [2.05, 4.69) is 31.2 Å². The van der Waals surface area contributed by atoms with Crippen LogP contribution < -0.4 is 5.73 Å². The fourth-order valence-electron chi connectivity index (χ4n) is 1.97. The van der Waals surface area contributed by atoms with Crippen molar-refractivity contribution in [3.05, 3.63) is 35.4 Å². The Kier molecular flexibility index (Phi) is 7.65. The van der Waals surface area contributed by atoms with Crippen LogP contribution in [0.4, 0.5) is 0 Å². The van der Waals surface area contributed by atoms with Gasteiger partial charge >= 0.3 is 0 Å². The quantitative estimate of drug-likeness (QED) is 0.684. The van der Waals surface area contributed by atoms with Gasteiger partial charge < -0.3 is 15.2 Å². The Balaban J connectivity index is 2.28. The first-order valence-electron chi connectivity index (χ1n) is 6.58. The van der Waals surface area contributed by atoms with Gasteiger partial charge in [0.1, 0.15) is 0 Å². The smallest absolute Gasteiger partial charge is 0.0700 e. The Morgan fingerprint density at radius 3 is 2.72 bits per heavy atom. The molecule has 102 valence electrons. The molecule has 2 N–H and O–H groups in total. The lowest BCUT2D eigenvalue weighted by Crippen LogP contribution is -2.19. The molecule has 3 nitrogen and oxygen atoms in total. The molecule has 0 saturated heterocycles. The number of nitrogens with two attached hydrogens (primary N) is 1. The SMILES string of the molecule is COCCOCCC(CN)Cc1cccc(C)c1. The first-order valence-corrected chi connectivity index (χ1v) is 6.58. The lowest BCUT2D eigenvalue weighted by atomic mass is 9.96. The fraction of sp³-hybridized carbons (Fsp3) is 0.600. The summed E-state index contributed by atoms with van der Waals surface area (Å²) in [6.07, 6.45) is 2.04. The van der Waals surface area contributed by atoms with Crippen LogP contribution in [-0.2, 0) is 15.9 Å². The van der Waals surface area contributed by atoms with Gasteiger partial charge in [0.15, 0.2) is 0 Å². The summed E-state index contributed by atoms with van der Waals surface area (Å²) < 4.78 is 10.4. The molecule has 1 unspecified atom stereocenters. The molecule has 0 spiro atoms. The predicted octanol–water partition coefficient (Wildman–Crippen LogP) is 2.17. The summed E-state index contributed by atoms with van der Waals surface area (Å²) in [5.41, 5.74) is 8.49. The van der Waals surface area contributed by atoms with Gasteiger partial charge in [0.25, 0.3) is 0 Å². The van der Waals surface area contributed by atoms with Gasteiger partial charge in [-0.25, -0.2) is 0 Å². The van der Waals surface area contributed by atoms with Crippen LogP contribution in [-0.4, -0.2) is 33.5 Å². The summed E-state index contributed by atoms with van der Waals surface area (Å²) >= 11 is 0. The van der Waals surface area contributed by atoms with E-state index in [-0.39, 0.29) is 0 Å². The Hall–Kier alpha value is -0.900. The van der Waals surface area contributed by atoms with E-state index in [1.807, 2.05) is 0 Å². The third-order valence-corrected chi connectivity index (χ3v) is 3.04. The molecule has 18 heavy (non-hydrogen) atoms. The second-order valence-electron chi connectivity index (χ2n) is 4.69. The maximum atomic E-state index is 5.82. The number of hydrogen-bond donors (Lipinski definition) is 1. The average molecular weight is 251 g/mol. The zero-order valence-electron chi connectivity index (χ0n) is 11.5. The van der Waals surface area contributed by atoms with Gasteiger partial charge in [-0.05, 0) is 37.8 Å². The van der Waals surface area contributed by atoms with E-state index in [0.29, 0.717) is 25.7 Å². The van der Waals surface area contributed by atoms with E-state index in [9.17, 15) is 0 Å². The van der Waals surface area contributed by atoms with E-state index in [1.165, 1.54) is 11.1 Å². The highest BCUT2D eigenvalue weighted by Gasteiger charge is 2.08. The molecule has 3 heteroatoms. The fourth-order valence-corrected chi connectivity index (χ4v) is 1.97. The summed E-state index contributed by atoms with van der Waals surface area (Å²) in [5, 5.41) is 0. The third-order valence-electron chi connectivity index (χ3n) is 3.04. The molecule has 0 aliphatic carbocycles. The van der Waals surface area contributed by atoms with Crippen molar-refractivity contribution >= 4 is 0 Å². The third kappa shape index (κ3) is 6.15. The summed E-state index contributed by atoms with van der Waals surface area (Å²) in [7, 11) is 1.68. The molecule has 0 aromatic heterocycles. The van der Waals surface area contributed by atoms with Gasteiger partial charge in [0.2, 0.25) is 0 Å². The lowest BCUT2D eigenvalue weighted by molar-refractivity contribution is 0.0641. The molecule has 1 rings (SSSR count). The molecule has 0 aliphatic heterocycles. The summed E-state index contributed by atoms with van der Waals surface area (Å²) in [4.78, 5) is 0. The molecule has 0 radical (unpaired) electrons. The first-order chi connectivity index (χ1) is 8.76. The number of benzene rings is 1.